The summed E-state index contributed by atoms with van der Waals surface area (Å²) in [6.45, 7) is 6.92. The normalized spacial score (nSPS) is 15.5. The maximum atomic E-state index is 13.0. The summed E-state index contributed by atoms with van der Waals surface area (Å²) in [4.78, 5) is 13.1. The predicted molar refractivity (Wildman–Crippen MR) is 128 cm³/mol. The molecule has 1 N–H and O–H groups in total. The highest BCUT2D eigenvalue weighted by molar-refractivity contribution is 7.89. The van der Waals surface area contributed by atoms with E-state index in [0.717, 1.165) is 19.3 Å². The van der Waals surface area contributed by atoms with Crippen molar-refractivity contribution in [2.45, 2.75) is 49.8 Å². The third-order valence-corrected chi connectivity index (χ3v) is 9.79. The van der Waals surface area contributed by atoms with Crippen LogP contribution in [0.3, 0.4) is 0 Å². The van der Waals surface area contributed by atoms with Gasteiger partial charge in [-0.05, 0) is 55.7 Å². The third-order valence-electron chi connectivity index (χ3n) is 5.85. The number of benzene rings is 2. The molecule has 0 bridgehead atoms. The highest BCUT2D eigenvalue weighted by Crippen LogP contribution is 2.26. The first-order chi connectivity index (χ1) is 15.6. The summed E-state index contributed by atoms with van der Waals surface area (Å²) in [5, 5.41) is 2.75. The summed E-state index contributed by atoms with van der Waals surface area (Å²) in [6.07, 6.45) is 2.69. The largest absolute Gasteiger partial charge is 0.322 e. The molecule has 0 atom stereocenters. The van der Waals surface area contributed by atoms with Crippen molar-refractivity contribution in [1.82, 2.24) is 8.61 Å². The molecule has 1 aliphatic rings. The number of rotatable bonds is 8. The molecule has 0 radical (unpaired) electrons. The number of nitrogens with one attached hydrogen (secondary N) is 1. The van der Waals surface area contributed by atoms with E-state index in [1.165, 1.54) is 38.9 Å². The first kappa shape index (κ1) is 25.4. The average Bonchev–Trinajstić information content (AvgIpc) is 2.81. The summed E-state index contributed by atoms with van der Waals surface area (Å²) < 4.78 is 54.5. The molecule has 1 saturated heterocycles. The number of nitrogens with zero attached hydrogens (tertiary/aromatic N) is 2. The number of sulfonamides is 2. The molecular weight excluding hydrogens is 462 g/mol. The lowest BCUT2D eigenvalue weighted by Crippen LogP contribution is -2.35. The minimum Gasteiger partial charge on any atom is -0.322 e. The van der Waals surface area contributed by atoms with Crippen molar-refractivity contribution in [3.63, 3.8) is 0 Å². The molecule has 0 aromatic heterocycles. The number of amides is 1. The van der Waals surface area contributed by atoms with Crippen LogP contribution < -0.4 is 5.32 Å². The van der Waals surface area contributed by atoms with Gasteiger partial charge in [0, 0.05) is 37.4 Å². The Hall–Kier alpha value is -2.27. The van der Waals surface area contributed by atoms with Gasteiger partial charge in [0.1, 0.15) is 0 Å². The van der Waals surface area contributed by atoms with Crippen molar-refractivity contribution in [3.05, 3.63) is 53.6 Å². The zero-order valence-electron chi connectivity index (χ0n) is 19.2. The lowest BCUT2D eigenvalue weighted by Gasteiger charge is -2.26. The summed E-state index contributed by atoms with van der Waals surface area (Å²) >= 11 is 0. The van der Waals surface area contributed by atoms with Gasteiger partial charge in [-0.3, -0.25) is 4.79 Å². The van der Waals surface area contributed by atoms with Crippen molar-refractivity contribution in [3.8, 4) is 0 Å². The molecule has 1 heterocycles. The monoisotopic (exact) mass is 493 g/mol. The second kappa shape index (κ2) is 10.3. The second-order valence-electron chi connectivity index (χ2n) is 8.01. The van der Waals surface area contributed by atoms with Crippen LogP contribution in [0.1, 0.15) is 49.0 Å². The minimum absolute atomic E-state index is 0.0389. The van der Waals surface area contributed by atoms with Crippen LogP contribution in [0, 0.1) is 6.92 Å². The van der Waals surface area contributed by atoms with Gasteiger partial charge in [0.15, 0.2) is 0 Å². The lowest BCUT2D eigenvalue weighted by atomic mass is 10.1. The number of carbonyl (C=O) groups is 1. The van der Waals surface area contributed by atoms with Crippen LogP contribution in [0.4, 0.5) is 5.69 Å². The second-order valence-corrected chi connectivity index (χ2v) is 11.9. The summed E-state index contributed by atoms with van der Waals surface area (Å²) in [6, 6.07) is 10.5. The molecular formula is C23H31N3O5S2. The molecule has 2 aromatic rings. The highest BCUT2D eigenvalue weighted by Gasteiger charge is 2.27. The van der Waals surface area contributed by atoms with E-state index in [-0.39, 0.29) is 15.4 Å². The molecule has 1 fully saturated rings. The standard InChI is InChI=1S/C23H31N3O5S2/c1-4-25(5-2)32(28,29)20-11-9-10-19(16-20)23(27)24-22-17-21(13-12-18(22)3)33(30,31)26-14-7-6-8-15-26/h9-13,16-17H,4-8,14-15H2,1-3H3,(H,24,27). The summed E-state index contributed by atoms with van der Waals surface area (Å²) in [5.41, 5.74) is 1.25. The van der Waals surface area contributed by atoms with E-state index in [1.807, 2.05) is 0 Å². The van der Waals surface area contributed by atoms with Crippen LogP contribution in [0.5, 0.6) is 0 Å². The quantitative estimate of drug-likeness (QED) is 0.607. The Balaban J connectivity index is 1.87. The topological polar surface area (TPSA) is 104 Å². The van der Waals surface area contributed by atoms with Gasteiger partial charge in [-0.15, -0.1) is 0 Å². The number of anilines is 1. The predicted octanol–water partition coefficient (Wildman–Crippen LogP) is 3.45. The number of hydrogen-bond donors (Lipinski definition) is 1. The van der Waals surface area contributed by atoms with Crippen molar-refractivity contribution in [2.75, 3.05) is 31.5 Å². The van der Waals surface area contributed by atoms with E-state index >= 15 is 0 Å². The van der Waals surface area contributed by atoms with Crippen LogP contribution in [-0.2, 0) is 20.0 Å². The maximum absolute atomic E-state index is 13.0. The van der Waals surface area contributed by atoms with E-state index in [1.54, 1.807) is 32.9 Å². The first-order valence-electron chi connectivity index (χ1n) is 11.1. The zero-order valence-corrected chi connectivity index (χ0v) is 20.9. The van der Waals surface area contributed by atoms with E-state index in [9.17, 15) is 21.6 Å². The molecule has 2 aromatic carbocycles. The minimum atomic E-state index is -3.71. The molecule has 33 heavy (non-hydrogen) atoms. The van der Waals surface area contributed by atoms with E-state index in [2.05, 4.69) is 5.32 Å². The Morgan fingerprint density at radius 3 is 2.24 bits per heavy atom. The molecule has 10 heteroatoms. The van der Waals surface area contributed by atoms with Crippen LogP contribution in [-0.4, -0.2) is 57.5 Å². The van der Waals surface area contributed by atoms with Gasteiger partial charge in [-0.2, -0.15) is 8.61 Å². The maximum Gasteiger partial charge on any atom is 0.255 e. The van der Waals surface area contributed by atoms with Gasteiger partial charge in [0.2, 0.25) is 20.0 Å². The average molecular weight is 494 g/mol. The smallest absolute Gasteiger partial charge is 0.255 e. The molecule has 180 valence electrons. The van der Waals surface area contributed by atoms with E-state index in [0.29, 0.717) is 37.4 Å². The number of piperidine rings is 1. The number of aryl methyl sites for hydroxylation is 1. The Labute approximate surface area is 196 Å². The Kier molecular flexibility index (Phi) is 7.94. The summed E-state index contributed by atoms with van der Waals surface area (Å²) in [5.74, 6) is -0.512. The van der Waals surface area contributed by atoms with Gasteiger partial charge in [0.05, 0.1) is 9.79 Å². The third kappa shape index (κ3) is 5.46. The van der Waals surface area contributed by atoms with E-state index in [4.69, 9.17) is 0 Å². The molecule has 0 aliphatic carbocycles. The lowest BCUT2D eigenvalue weighted by molar-refractivity contribution is 0.102. The fraction of sp³-hybridized carbons (Fsp3) is 0.435. The van der Waals surface area contributed by atoms with Crippen LogP contribution in [0.15, 0.2) is 52.3 Å². The van der Waals surface area contributed by atoms with Crippen molar-refractivity contribution in [1.29, 1.82) is 0 Å². The molecule has 0 unspecified atom stereocenters. The van der Waals surface area contributed by atoms with Crippen molar-refractivity contribution in [2.24, 2.45) is 0 Å². The van der Waals surface area contributed by atoms with Gasteiger partial charge in [-0.1, -0.05) is 32.4 Å². The molecule has 1 amide bonds. The molecule has 0 spiro atoms. The fourth-order valence-electron chi connectivity index (χ4n) is 3.86. The van der Waals surface area contributed by atoms with Crippen LogP contribution in [0.25, 0.3) is 0 Å². The van der Waals surface area contributed by atoms with Crippen molar-refractivity contribution >= 4 is 31.6 Å². The zero-order chi connectivity index (χ0) is 24.2. The molecule has 3 rings (SSSR count). The molecule has 0 saturated carbocycles. The van der Waals surface area contributed by atoms with Crippen LogP contribution in [0.2, 0.25) is 0 Å². The van der Waals surface area contributed by atoms with Crippen LogP contribution >= 0.6 is 0 Å². The number of hydrogen-bond acceptors (Lipinski definition) is 5. The Morgan fingerprint density at radius 2 is 1.61 bits per heavy atom. The highest BCUT2D eigenvalue weighted by atomic mass is 32.2. The summed E-state index contributed by atoms with van der Waals surface area (Å²) in [7, 11) is -7.35. The van der Waals surface area contributed by atoms with Gasteiger partial charge in [0.25, 0.3) is 5.91 Å². The molecule has 8 nitrogen and oxygen atoms in total. The van der Waals surface area contributed by atoms with E-state index < -0.39 is 26.0 Å². The van der Waals surface area contributed by atoms with Gasteiger partial charge in [-0.25, -0.2) is 16.8 Å². The fourth-order valence-corrected chi connectivity index (χ4v) is 6.90. The van der Waals surface area contributed by atoms with Crippen molar-refractivity contribution < 1.29 is 21.6 Å². The molecule has 1 aliphatic heterocycles. The SMILES string of the molecule is CCN(CC)S(=O)(=O)c1cccc(C(=O)Nc2cc(S(=O)(=O)N3CCCCC3)ccc2C)c1. The number of carbonyl (C=O) groups excluding carboxylic acids is 1. The van der Waals surface area contributed by atoms with Gasteiger partial charge >= 0.3 is 0 Å². The van der Waals surface area contributed by atoms with Gasteiger partial charge < -0.3 is 5.32 Å². The Bertz CT molecular complexity index is 1220. The Morgan fingerprint density at radius 1 is 0.939 bits per heavy atom. The first-order valence-corrected chi connectivity index (χ1v) is 14.0.